The second-order valence-electron chi connectivity index (χ2n) is 4.71. The van der Waals surface area contributed by atoms with Crippen LogP contribution in [0.2, 0.25) is 0 Å². The van der Waals surface area contributed by atoms with Gasteiger partial charge in [-0.25, -0.2) is 9.18 Å². The van der Waals surface area contributed by atoms with Gasteiger partial charge in [0, 0.05) is 6.07 Å². The van der Waals surface area contributed by atoms with E-state index < -0.39 is 23.7 Å². The minimum absolute atomic E-state index is 0.122. The van der Waals surface area contributed by atoms with Crippen LogP contribution in [0.5, 0.6) is 5.75 Å². The number of rotatable bonds is 6. The number of ether oxygens (including phenoxy) is 2. The second kappa shape index (κ2) is 7.61. The lowest BCUT2D eigenvalue weighted by Gasteiger charge is -2.22. The van der Waals surface area contributed by atoms with E-state index in [0.717, 1.165) is 6.07 Å². The first kappa shape index (κ1) is 16.9. The summed E-state index contributed by atoms with van der Waals surface area (Å²) in [6, 6.07) is 3.10. The third-order valence-electron chi connectivity index (χ3n) is 3.38. The van der Waals surface area contributed by atoms with Crippen molar-refractivity contribution >= 4 is 11.9 Å². The maximum Gasteiger partial charge on any atom is 0.328 e. The molecule has 0 aromatic heterocycles. The zero-order valence-electron chi connectivity index (χ0n) is 12.6. The number of carbonyl (C=O) groups is 2. The molecular weight excluding hydrogens is 277 g/mol. The zero-order valence-corrected chi connectivity index (χ0v) is 12.6. The Labute approximate surface area is 123 Å². The summed E-state index contributed by atoms with van der Waals surface area (Å²) in [6.45, 7) is 3.70. The van der Waals surface area contributed by atoms with Crippen molar-refractivity contribution in [2.24, 2.45) is 5.92 Å². The molecule has 1 N–H and O–H groups in total. The quantitative estimate of drug-likeness (QED) is 0.817. The van der Waals surface area contributed by atoms with Gasteiger partial charge in [0.25, 0.3) is 5.91 Å². The molecule has 0 aliphatic rings. The van der Waals surface area contributed by atoms with Gasteiger partial charge in [0.05, 0.1) is 19.8 Å². The molecule has 116 valence electrons. The van der Waals surface area contributed by atoms with Crippen molar-refractivity contribution in [3.8, 4) is 5.75 Å². The Bertz CT molecular complexity index is 518. The standard InChI is InChI=1S/C15H20FNO4/c1-5-9(2)13(15(19)21-4)17-14(18)11-7-6-10(20-3)8-12(11)16/h6-9,13H,5H2,1-4H3,(H,17,18). The van der Waals surface area contributed by atoms with E-state index in [-0.39, 0.29) is 11.5 Å². The summed E-state index contributed by atoms with van der Waals surface area (Å²) in [5.41, 5.74) is -0.145. The first-order valence-electron chi connectivity index (χ1n) is 6.66. The first-order chi connectivity index (χ1) is 9.94. The lowest BCUT2D eigenvalue weighted by atomic mass is 9.98. The number of halogens is 1. The van der Waals surface area contributed by atoms with Crippen molar-refractivity contribution < 1.29 is 23.5 Å². The molecule has 0 aliphatic carbocycles. The van der Waals surface area contributed by atoms with Crippen molar-refractivity contribution in [1.82, 2.24) is 5.32 Å². The molecule has 0 spiro atoms. The summed E-state index contributed by atoms with van der Waals surface area (Å²) in [7, 11) is 2.66. The minimum Gasteiger partial charge on any atom is -0.497 e. The van der Waals surface area contributed by atoms with Crippen LogP contribution in [0, 0.1) is 11.7 Å². The molecule has 0 aliphatic heterocycles. The van der Waals surface area contributed by atoms with Gasteiger partial charge < -0.3 is 14.8 Å². The molecule has 1 amide bonds. The number of hydrogen-bond donors (Lipinski definition) is 1. The van der Waals surface area contributed by atoms with Crippen LogP contribution < -0.4 is 10.1 Å². The highest BCUT2D eigenvalue weighted by Crippen LogP contribution is 2.17. The highest BCUT2D eigenvalue weighted by atomic mass is 19.1. The van der Waals surface area contributed by atoms with Crippen molar-refractivity contribution in [2.45, 2.75) is 26.3 Å². The molecule has 2 atom stereocenters. The molecule has 6 heteroatoms. The third-order valence-corrected chi connectivity index (χ3v) is 3.38. The maximum atomic E-state index is 13.8. The first-order valence-corrected chi connectivity index (χ1v) is 6.66. The fraction of sp³-hybridized carbons (Fsp3) is 0.467. The summed E-state index contributed by atoms with van der Waals surface area (Å²) in [5.74, 6) is -1.73. The molecule has 1 rings (SSSR count). The summed E-state index contributed by atoms with van der Waals surface area (Å²) in [5, 5.41) is 2.52. The average molecular weight is 297 g/mol. The smallest absolute Gasteiger partial charge is 0.328 e. The van der Waals surface area contributed by atoms with Gasteiger partial charge in [-0.2, -0.15) is 0 Å². The van der Waals surface area contributed by atoms with Crippen LogP contribution >= 0.6 is 0 Å². The Kier molecular flexibility index (Phi) is 6.14. The summed E-state index contributed by atoms with van der Waals surface area (Å²) in [6.07, 6.45) is 0.672. The highest BCUT2D eigenvalue weighted by Gasteiger charge is 2.27. The summed E-state index contributed by atoms with van der Waals surface area (Å²) < 4.78 is 23.4. The van der Waals surface area contributed by atoms with Gasteiger partial charge in [-0.1, -0.05) is 20.3 Å². The monoisotopic (exact) mass is 297 g/mol. The number of esters is 1. The predicted octanol–water partition coefficient (Wildman–Crippen LogP) is 2.15. The Morgan fingerprint density at radius 1 is 1.33 bits per heavy atom. The van der Waals surface area contributed by atoms with E-state index in [2.05, 4.69) is 10.1 Å². The van der Waals surface area contributed by atoms with E-state index in [1.807, 2.05) is 13.8 Å². The number of benzene rings is 1. The largest absolute Gasteiger partial charge is 0.497 e. The van der Waals surface area contributed by atoms with Crippen molar-refractivity contribution in [3.05, 3.63) is 29.6 Å². The average Bonchev–Trinajstić information content (AvgIpc) is 2.50. The molecule has 0 saturated carbocycles. The lowest BCUT2D eigenvalue weighted by Crippen LogP contribution is -2.45. The van der Waals surface area contributed by atoms with Crippen molar-refractivity contribution in [2.75, 3.05) is 14.2 Å². The SMILES string of the molecule is CCC(C)C(NC(=O)c1ccc(OC)cc1F)C(=O)OC. The van der Waals surface area contributed by atoms with E-state index in [1.54, 1.807) is 0 Å². The topological polar surface area (TPSA) is 64.6 Å². The molecule has 0 radical (unpaired) electrons. The number of nitrogens with one attached hydrogen (secondary N) is 1. The van der Waals surface area contributed by atoms with Crippen LogP contribution in [0.4, 0.5) is 4.39 Å². The van der Waals surface area contributed by atoms with Gasteiger partial charge >= 0.3 is 5.97 Å². The van der Waals surface area contributed by atoms with E-state index in [1.165, 1.54) is 26.4 Å². The summed E-state index contributed by atoms with van der Waals surface area (Å²) >= 11 is 0. The van der Waals surface area contributed by atoms with Crippen LogP contribution in [-0.2, 0) is 9.53 Å². The van der Waals surface area contributed by atoms with Crippen LogP contribution in [0.15, 0.2) is 18.2 Å². The molecular formula is C15H20FNO4. The normalized spacial score (nSPS) is 13.2. The molecule has 1 aromatic carbocycles. The van der Waals surface area contributed by atoms with E-state index in [9.17, 15) is 14.0 Å². The fourth-order valence-corrected chi connectivity index (χ4v) is 1.82. The molecule has 0 fully saturated rings. The Hall–Kier alpha value is -2.11. The van der Waals surface area contributed by atoms with Crippen LogP contribution in [0.3, 0.4) is 0 Å². The van der Waals surface area contributed by atoms with Gasteiger partial charge in [0.15, 0.2) is 0 Å². The molecule has 0 heterocycles. The number of amides is 1. The maximum absolute atomic E-state index is 13.8. The Morgan fingerprint density at radius 2 is 2.00 bits per heavy atom. The van der Waals surface area contributed by atoms with Gasteiger partial charge in [-0.3, -0.25) is 4.79 Å². The molecule has 0 bridgehead atoms. The van der Waals surface area contributed by atoms with E-state index in [4.69, 9.17) is 4.74 Å². The zero-order chi connectivity index (χ0) is 16.0. The summed E-state index contributed by atoms with van der Waals surface area (Å²) in [4.78, 5) is 23.8. The molecule has 21 heavy (non-hydrogen) atoms. The molecule has 1 aromatic rings. The predicted molar refractivity (Wildman–Crippen MR) is 75.7 cm³/mol. The van der Waals surface area contributed by atoms with Gasteiger partial charge in [-0.05, 0) is 18.1 Å². The van der Waals surface area contributed by atoms with Crippen LogP contribution in [0.25, 0.3) is 0 Å². The van der Waals surface area contributed by atoms with E-state index in [0.29, 0.717) is 12.2 Å². The fourth-order valence-electron chi connectivity index (χ4n) is 1.82. The lowest BCUT2D eigenvalue weighted by molar-refractivity contribution is -0.144. The highest BCUT2D eigenvalue weighted by molar-refractivity contribution is 5.97. The van der Waals surface area contributed by atoms with Gasteiger partial charge in [-0.15, -0.1) is 0 Å². The Morgan fingerprint density at radius 3 is 2.48 bits per heavy atom. The third kappa shape index (κ3) is 4.18. The number of hydrogen-bond acceptors (Lipinski definition) is 4. The van der Waals surface area contributed by atoms with E-state index >= 15 is 0 Å². The van der Waals surface area contributed by atoms with Crippen molar-refractivity contribution in [1.29, 1.82) is 0 Å². The Balaban J connectivity index is 2.94. The molecule has 2 unspecified atom stereocenters. The van der Waals surface area contributed by atoms with Crippen LogP contribution in [-0.4, -0.2) is 32.1 Å². The number of carbonyl (C=O) groups excluding carboxylic acids is 2. The van der Waals surface area contributed by atoms with Crippen molar-refractivity contribution in [3.63, 3.8) is 0 Å². The minimum atomic E-state index is -0.811. The van der Waals surface area contributed by atoms with Gasteiger partial charge in [0.2, 0.25) is 0 Å². The molecule has 0 saturated heterocycles. The second-order valence-corrected chi connectivity index (χ2v) is 4.71. The van der Waals surface area contributed by atoms with Gasteiger partial charge in [0.1, 0.15) is 17.6 Å². The number of methoxy groups -OCH3 is 2. The van der Waals surface area contributed by atoms with Crippen LogP contribution in [0.1, 0.15) is 30.6 Å². The molecule has 5 nitrogen and oxygen atoms in total.